The summed E-state index contributed by atoms with van der Waals surface area (Å²) in [6, 6.07) is 17.3. The van der Waals surface area contributed by atoms with Crippen LogP contribution < -0.4 is 9.80 Å². The highest BCUT2D eigenvalue weighted by Crippen LogP contribution is 2.48. The molecule has 0 N–H and O–H groups in total. The van der Waals surface area contributed by atoms with Gasteiger partial charge in [0.2, 0.25) is 0 Å². The number of allylic oxidation sites excluding steroid dienone is 5. The smallest absolute Gasteiger partial charge is 0.305 e. The van der Waals surface area contributed by atoms with Gasteiger partial charge in [0.25, 0.3) is 0 Å². The lowest BCUT2D eigenvalue weighted by atomic mass is 9.80. The Morgan fingerprint density at radius 2 is 1.35 bits per heavy atom. The van der Waals surface area contributed by atoms with E-state index in [4.69, 9.17) is 9.47 Å². The molecule has 6 heteroatoms. The van der Waals surface area contributed by atoms with Gasteiger partial charge in [0.1, 0.15) is 0 Å². The summed E-state index contributed by atoms with van der Waals surface area (Å²) in [5, 5.41) is 0. The average molecular weight is 585 g/mol. The summed E-state index contributed by atoms with van der Waals surface area (Å²) < 4.78 is 10.3. The molecule has 230 valence electrons. The number of hydrogen-bond donors (Lipinski definition) is 0. The minimum atomic E-state index is -0.153. The normalized spacial score (nSPS) is 19.3. The maximum absolute atomic E-state index is 12.0. The number of rotatable bonds is 13. The molecule has 2 aromatic carbocycles. The number of anilines is 2. The lowest BCUT2D eigenvalue weighted by molar-refractivity contribution is -0.144. The number of carbonyl (C=O) groups excluding carboxylic acids is 2. The van der Waals surface area contributed by atoms with Gasteiger partial charge >= 0.3 is 11.9 Å². The summed E-state index contributed by atoms with van der Waals surface area (Å²) in [5.41, 5.74) is 6.06. The summed E-state index contributed by atoms with van der Waals surface area (Å²) in [6.45, 7) is 15.2. The van der Waals surface area contributed by atoms with E-state index in [1.165, 1.54) is 28.2 Å². The van der Waals surface area contributed by atoms with E-state index in [1.54, 1.807) is 0 Å². The molecule has 0 radical (unpaired) electrons. The fraction of sp³-hybridized carbons (Fsp3) is 0.459. The summed E-state index contributed by atoms with van der Waals surface area (Å²) >= 11 is 0. The van der Waals surface area contributed by atoms with Crippen molar-refractivity contribution in [3.8, 4) is 0 Å². The van der Waals surface area contributed by atoms with Crippen LogP contribution in [0.3, 0.4) is 0 Å². The van der Waals surface area contributed by atoms with Crippen LogP contribution in [-0.2, 0) is 29.9 Å². The molecule has 1 unspecified atom stereocenters. The minimum absolute atomic E-state index is 0.0753. The van der Waals surface area contributed by atoms with Gasteiger partial charge in [-0.15, -0.1) is 0 Å². The van der Waals surface area contributed by atoms with Crippen LogP contribution in [0, 0.1) is 0 Å². The second kappa shape index (κ2) is 14.1. The summed E-state index contributed by atoms with van der Waals surface area (Å²) in [4.78, 5) is 28.7. The Balaban J connectivity index is 1.51. The fourth-order valence-electron chi connectivity index (χ4n) is 6.58. The van der Waals surface area contributed by atoms with Gasteiger partial charge in [-0.3, -0.25) is 9.59 Å². The molecule has 0 amide bonds. The number of ether oxygens (including phenoxy) is 2. The van der Waals surface area contributed by atoms with Crippen molar-refractivity contribution in [3.63, 3.8) is 0 Å². The fourth-order valence-corrected chi connectivity index (χ4v) is 6.58. The van der Waals surface area contributed by atoms with Crippen molar-refractivity contribution in [2.75, 3.05) is 36.1 Å². The van der Waals surface area contributed by atoms with E-state index in [-0.39, 0.29) is 28.8 Å². The quantitative estimate of drug-likeness (QED) is 0.178. The molecule has 1 atom stereocenters. The number of hydrogen-bond acceptors (Lipinski definition) is 6. The van der Waals surface area contributed by atoms with Crippen molar-refractivity contribution in [1.29, 1.82) is 0 Å². The number of esters is 2. The Labute approximate surface area is 258 Å². The van der Waals surface area contributed by atoms with Crippen LogP contribution in [0.25, 0.3) is 0 Å². The maximum atomic E-state index is 12.0. The number of nitrogens with zero attached hydrogens (tertiary/aromatic N) is 2. The zero-order valence-electron chi connectivity index (χ0n) is 26.8. The highest BCUT2D eigenvalue weighted by Gasteiger charge is 2.42. The summed E-state index contributed by atoms with van der Waals surface area (Å²) in [7, 11) is 0. The first kappa shape index (κ1) is 32.1. The van der Waals surface area contributed by atoms with Gasteiger partial charge in [-0.05, 0) is 56.0 Å². The first-order valence-electron chi connectivity index (χ1n) is 15.7. The molecule has 0 spiro atoms. The minimum Gasteiger partial charge on any atom is -0.466 e. The molecule has 43 heavy (non-hydrogen) atoms. The third-order valence-electron chi connectivity index (χ3n) is 8.71. The van der Waals surface area contributed by atoms with Crippen LogP contribution in [0.1, 0.15) is 78.4 Å². The van der Waals surface area contributed by atoms with E-state index >= 15 is 0 Å². The van der Waals surface area contributed by atoms with E-state index in [1.807, 2.05) is 13.8 Å². The topological polar surface area (TPSA) is 59.1 Å². The maximum Gasteiger partial charge on any atom is 0.305 e. The number of carbonyl (C=O) groups is 2. The number of fused-ring (bicyclic) bond motifs is 2. The molecular formula is C37H48N2O4. The van der Waals surface area contributed by atoms with Gasteiger partial charge in [-0.2, -0.15) is 0 Å². The molecule has 6 nitrogen and oxygen atoms in total. The van der Waals surface area contributed by atoms with Gasteiger partial charge in [0.05, 0.1) is 19.3 Å². The van der Waals surface area contributed by atoms with Crippen LogP contribution in [0.4, 0.5) is 11.4 Å². The molecule has 0 bridgehead atoms. The van der Waals surface area contributed by atoms with Crippen LogP contribution in [-0.4, -0.2) is 44.3 Å². The Hall–Kier alpha value is -3.80. The summed E-state index contributed by atoms with van der Waals surface area (Å²) in [6.07, 6.45) is 13.2. The van der Waals surface area contributed by atoms with Crippen LogP contribution in [0.5, 0.6) is 0 Å². The van der Waals surface area contributed by atoms with E-state index < -0.39 is 0 Å². The van der Waals surface area contributed by atoms with Crippen LogP contribution >= 0.6 is 0 Å². The first-order valence-corrected chi connectivity index (χ1v) is 15.7. The van der Waals surface area contributed by atoms with Crippen molar-refractivity contribution in [2.45, 2.75) is 84.1 Å². The second-order valence-corrected chi connectivity index (χ2v) is 12.3. The highest BCUT2D eigenvalue weighted by molar-refractivity contribution is 5.72. The lowest BCUT2D eigenvalue weighted by Crippen LogP contribution is -2.40. The zero-order chi connectivity index (χ0) is 31.0. The number of benzene rings is 2. The third kappa shape index (κ3) is 7.06. The second-order valence-electron chi connectivity index (χ2n) is 12.3. The Kier molecular flexibility index (Phi) is 10.5. The molecule has 0 saturated heterocycles. The molecule has 2 aliphatic rings. The molecule has 0 saturated carbocycles. The van der Waals surface area contributed by atoms with Crippen molar-refractivity contribution >= 4 is 23.3 Å². The molecular weight excluding hydrogens is 536 g/mol. The molecule has 2 heterocycles. The largest absolute Gasteiger partial charge is 0.466 e. The van der Waals surface area contributed by atoms with Crippen LogP contribution in [0.2, 0.25) is 0 Å². The molecule has 0 aliphatic carbocycles. The first-order chi connectivity index (χ1) is 20.6. The molecule has 2 aromatic rings. The Morgan fingerprint density at radius 1 is 0.767 bits per heavy atom. The molecule has 0 aromatic heterocycles. The monoisotopic (exact) mass is 584 g/mol. The average Bonchev–Trinajstić information content (AvgIpc) is 3.32. The zero-order valence-corrected chi connectivity index (χ0v) is 26.8. The summed E-state index contributed by atoms with van der Waals surface area (Å²) in [5.74, 6) is -0.277. The van der Waals surface area contributed by atoms with E-state index in [0.29, 0.717) is 26.1 Å². The van der Waals surface area contributed by atoms with Gasteiger partial charge in [0, 0.05) is 53.8 Å². The predicted octanol–water partition coefficient (Wildman–Crippen LogP) is 7.63. The van der Waals surface area contributed by atoms with Gasteiger partial charge in [-0.25, -0.2) is 0 Å². The predicted molar refractivity (Wildman–Crippen MR) is 176 cm³/mol. The molecule has 2 aliphatic heterocycles. The van der Waals surface area contributed by atoms with Crippen LogP contribution in [0.15, 0.2) is 84.6 Å². The molecule has 4 rings (SSSR count). The van der Waals surface area contributed by atoms with E-state index in [9.17, 15) is 9.59 Å². The lowest BCUT2D eigenvalue weighted by Gasteiger charge is -2.32. The van der Waals surface area contributed by atoms with E-state index in [2.05, 4.69) is 116 Å². The SMILES string of the molecule is CCOC(=O)CCCN1/C(=C/C=C/C=C/C2N(CCCC(=O)OCC)c3ccccc3C2(C)C)C(C)(C)c2ccccc21. The van der Waals surface area contributed by atoms with Crippen molar-refractivity contribution < 1.29 is 19.1 Å². The highest BCUT2D eigenvalue weighted by atomic mass is 16.5. The van der Waals surface area contributed by atoms with Gasteiger partial charge < -0.3 is 19.3 Å². The van der Waals surface area contributed by atoms with Crippen molar-refractivity contribution in [2.24, 2.45) is 0 Å². The number of para-hydroxylation sites is 2. The third-order valence-corrected chi connectivity index (χ3v) is 8.71. The van der Waals surface area contributed by atoms with E-state index in [0.717, 1.165) is 25.9 Å². The van der Waals surface area contributed by atoms with Gasteiger partial charge in [-0.1, -0.05) is 88.4 Å². The molecule has 0 fully saturated rings. The standard InChI is InChI=1S/C37H48N2O4/c1-7-42-34(40)24-16-26-38-30-20-14-12-18-28(30)36(3,4)32(38)22-10-9-11-23-33-37(5,6)29-19-13-15-21-31(29)39(33)27-17-25-35(41)43-8-2/h9-15,18-23,32H,7-8,16-17,24-27H2,1-6H3/b11-9+,22-10+,33-23+. The Morgan fingerprint density at radius 3 is 2.00 bits per heavy atom. The van der Waals surface area contributed by atoms with Gasteiger partial charge in [0.15, 0.2) is 0 Å². The van der Waals surface area contributed by atoms with Crippen molar-refractivity contribution in [1.82, 2.24) is 0 Å². The van der Waals surface area contributed by atoms with Crippen molar-refractivity contribution in [3.05, 3.63) is 95.7 Å². The Bertz CT molecular complexity index is 1370.